The number of hydrogen-bond donors (Lipinski definition) is 0. The lowest BCUT2D eigenvalue weighted by Crippen LogP contribution is -2.38. The van der Waals surface area contributed by atoms with Gasteiger partial charge in [-0.2, -0.15) is 17.5 Å². The summed E-state index contributed by atoms with van der Waals surface area (Å²) in [6, 6.07) is 0. The fraction of sp³-hybridized carbons (Fsp3) is 0.900. The van der Waals surface area contributed by atoms with Crippen molar-refractivity contribution >= 4 is 16.0 Å². The molecule has 0 fully saturated rings. The minimum absolute atomic E-state index is 0.00711. The number of carbonyl (C=O) groups excluding carboxylic acids is 1. The fourth-order valence-corrected chi connectivity index (χ4v) is 2.80. The minimum atomic E-state index is -4.38. The summed E-state index contributed by atoms with van der Waals surface area (Å²) in [5.41, 5.74) is 0. The number of carbonyl (C=O) groups is 1. The molecule has 0 saturated heterocycles. The van der Waals surface area contributed by atoms with Gasteiger partial charge in [0.1, 0.15) is 6.54 Å². The predicted molar refractivity (Wildman–Crippen MR) is 63.0 cm³/mol. The summed E-state index contributed by atoms with van der Waals surface area (Å²) >= 11 is 0. The third-order valence-corrected chi connectivity index (χ3v) is 4.20. The van der Waals surface area contributed by atoms with Gasteiger partial charge in [0.2, 0.25) is 10.0 Å². The van der Waals surface area contributed by atoms with Crippen LogP contribution in [0.15, 0.2) is 0 Å². The Morgan fingerprint density at radius 3 is 2.26 bits per heavy atom. The van der Waals surface area contributed by atoms with E-state index in [0.29, 0.717) is 0 Å². The first-order valence-electron chi connectivity index (χ1n) is 5.82. The van der Waals surface area contributed by atoms with E-state index in [-0.39, 0.29) is 13.2 Å². The van der Waals surface area contributed by atoms with E-state index in [2.05, 4.69) is 4.74 Å². The second-order valence-electron chi connectivity index (χ2n) is 3.77. The van der Waals surface area contributed by atoms with Crippen LogP contribution in [0.4, 0.5) is 13.2 Å². The zero-order chi connectivity index (χ0) is 15.1. The summed E-state index contributed by atoms with van der Waals surface area (Å²) in [5, 5.41) is 0. The average Bonchev–Trinajstić information content (AvgIpc) is 2.23. The molecule has 114 valence electrons. The Kier molecular flexibility index (Phi) is 7.35. The van der Waals surface area contributed by atoms with E-state index in [9.17, 15) is 26.4 Å². The molecule has 0 unspecified atom stereocenters. The van der Waals surface area contributed by atoms with Gasteiger partial charge >= 0.3 is 12.1 Å². The van der Waals surface area contributed by atoms with Gasteiger partial charge in [-0.3, -0.25) is 4.79 Å². The number of esters is 1. The van der Waals surface area contributed by atoms with Crippen molar-refractivity contribution < 1.29 is 31.1 Å². The summed E-state index contributed by atoms with van der Waals surface area (Å²) in [6.45, 7) is 2.73. The van der Waals surface area contributed by atoms with Crippen molar-refractivity contribution in [1.29, 1.82) is 0 Å². The van der Waals surface area contributed by atoms with Crippen LogP contribution < -0.4 is 0 Å². The fourth-order valence-electron chi connectivity index (χ4n) is 1.34. The van der Waals surface area contributed by atoms with Crippen LogP contribution in [-0.4, -0.2) is 50.3 Å². The number of sulfonamides is 1. The van der Waals surface area contributed by atoms with Crippen molar-refractivity contribution in [2.24, 2.45) is 0 Å². The molecule has 0 atom stereocenters. The number of likely N-dealkylation sites (N-methyl/N-ethyl adjacent to an activating group) is 1. The highest BCUT2D eigenvalue weighted by Crippen LogP contribution is 2.22. The van der Waals surface area contributed by atoms with E-state index in [1.807, 2.05) is 0 Å². The van der Waals surface area contributed by atoms with Crippen LogP contribution in [0.5, 0.6) is 0 Å². The van der Waals surface area contributed by atoms with Crippen LogP contribution in [0.25, 0.3) is 0 Å². The summed E-state index contributed by atoms with van der Waals surface area (Å²) in [7, 11) is -3.88. The molecule has 0 aromatic rings. The van der Waals surface area contributed by atoms with Crippen LogP contribution in [-0.2, 0) is 19.6 Å². The smallest absolute Gasteiger partial charge is 0.389 e. The van der Waals surface area contributed by atoms with Crippen molar-refractivity contribution in [3.05, 3.63) is 0 Å². The molecule has 0 bridgehead atoms. The Morgan fingerprint density at radius 1 is 1.26 bits per heavy atom. The van der Waals surface area contributed by atoms with Crippen molar-refractivity contribution in [3.8, 4) is 0 Å². The SMILES string of the molecule is CCOC(=O)CN(CC)S(=O)(=O)CCCC(F)(F)F. The Labute approximate surface area is 110 Å². The molecule has 0 aromatic carbocycles. The zero-order valence-electron chi connectivity index (χ0n) is 10.9. The van der Waals surface area contributed by atoms with Crippen molar-refractivity contribution in [1.82, 2.24) is 4.31 Å². The highest BCUT2D eigenvalue weighted by atomic mass is 32.2. The number of ether oxygens (including phenoxy) is 1. The maximum absolute atomic E-state index is 11.9. The largest absolute Gasteiger partial charge is 0.465 e. The van der Waals surface area contributed by atoms with Gasteiger partial charge in [-0.25, -0.2) is 8.42 Å². The van der Waals surface area contributed by atoms with Gasteiger partial charge in [0.15, 0.2) is 0 Å². The molecule has 0 aromatic heterocycles. The number of rotatable bonds is 8. The van der Waals surface area contributed by atoms with Gasteiger partial charge in [0, 0.05) is 13.0 Å². The second kappa shape index (κ2) is 7.68. The molecular weight excluding hydrogens is 287 g/mol. The first-order valence-corrected chi connectivity index (χ1v) is 7.43. The molecular formula is C10H18F3NO4S. The topological polar surface area (TPSA) is 63.7 Å². The van der Waals surface area contributed by atoms with E-state index in [1.165, 1.54) is 6.92 Å². The van der Waals surface area contributed by atoms with Crippen LogP contribution in [0.2, 0.25) is 0 Å². The lowest BCUT2D eigenvalue weighted by atomic mass is 10.3. The maximum Gasteiger partial charge on any atom is 0.389 e. The molecule has 0 heterocycles. The van der Waals surface area contributed by atoms with Gasteiger partial charge in [-0.05, 0) is 13.3 Å². The van der Waals surface area contributed by atoms with Crippen LogP contribution in [0.3, 0.4) is 0 Å². The molecule has 5 nitrogen and oxygen atoms in total. The van der Waals surface area contributed by atoms with Crippen molar-refractivity contribution in [2.75, 3.05) is 25.4 Å². The van der Waals surface area contributed by atoms with E-state index in [4.69, 9.17) is 0 Å². The summed E-state index contributed by atoms with van der Waals surface area (Å²) in [4.78, 5) is 11.2. The van der Waals surface area contributed by atoms with Gasteiger partial charge < -0.3 is 4.74 Å². The van der Waals surface area contributed by atoms with Crippen molar-refractivity contribution in [3.63, 3.8) is 0 Å². The highest BCUT2D eigenvalue weighted by molar-refractivity contribution is 7.89. The van der Waals surface area contributed by atoms with E-state index >= 15 is 0 Å². The van der Waals surface area contributed by atoms with E-state index < -0.39 is 47.3 Å². The maximum atomic E-state index is 11.9. The molecule has 0 radical (unpaired) electrons. The molecule has 0 rings (SSSR count). The third kappa shape index (κ3) is 8.04. The van der Waals surface area contributed by atoms with Crippen LogP contribution in [0.1, 0.15) is 26.7 Å². The zero-order valence-corrected chi connectivity index (χ0v) is 11.7. The third-order valence-electron chi connectivity index (χ3n) is 2.22. The Morgan fingerprint density at radius 2 is 1.84 bits per heavy atom. The molecule has 0 aliphatic rings. The first kappa shape index (κ1) is 18.2. The summed E-state index contributed by atoms with van der Waals surface area (Å²) in [5.74, 6) is -1.36. The molecule has 0 N–H and O–H groups in total. The molecule has 0 saturated carbocycles. The minimum Gasteiger partial charge on any atom is -0.465 e. The molecule has 0 aliphatic heterocycles. The molecule has 9 heteroatoms. The summed E-state index contributed by atoms with van der Waals surface area (Å²) in [6.07, 6.45) is -6.07. The van der Waals surface area contributed by atoms with Gasteiger partial charge in [-0.1, -0.05) is 6.92 Å². The predicted octanol–water partition coefficient (Wildman–Crippen LogP) is 1.54. The number of alkyl halides is 3. The van der Waals surface area contributed by atoms with Crippen molar-refractivity contribution in [2.45, 2.75) is 32.9 Å². The van der Waals surface area contributed by atoms with Gasteiger partial charge in [0.25, 0.3) is 0 Å². The number of nitrogens with zero attached hydrogens (tertiary/aromatic N) is 1. The molecule has 0 spiro atoms. The van der Waals surface area contributed by atoms with Crippen LogP contribution >= 0.6 is 0 Å². The van der Waals surface area contributed by atoms with Gasteiger partial charge in [0.05, 0.1) is 12.4 Å². The number of hydrogen-bond acceptors (Lipinski definition) is 4. The Hall–Kier alpha value is -0.830. The van der Waals surface area contributed by atoms with Crippen LogP contribution in [0, 0.1) is 0 Å². The Bertz CT molecular complexity index is 381. The lowest BCUT2D eigenvalue weighted by molar-refractivity contribution is -0.143. The lowest BCUT2D eigenvalue weighted by Gasteiger charge is -2.19. The highest BCUT2D eigenvalue weighted by Gasteiger charge is 2.29. The standard InChI is InChI=1S/C10H18F3NO4S/c1-3-14(8-9(15)18-4-2)19(16,17)7-5-6-10(11,12)13/h3-8H2,1-2H3. The molecule has 19 heavy (non-hydrogen) atoms. The average molecular weight is 305 g/mol. The summed E-state index contributed by atoms with van der Waals surface area (Å²) < 4.78 is 64.7. The van der Waals surface area contributed by atoms with E-state index in [1.54, 1.807) is 6.92 Å². The molecule has 0 aliphatic carbocycles. The second-order valence-corrected chi connectivity index (χ2v) is 5.85. The quantitative estimate of drug-likeness (QED) is 0.638. The van der Waals surface area contributed by atoms with E-state index in [0.717, 1.165) is 4.31 Å². The van der Waals surface area contributed by atoms with Gasteiger partial charge in [-0.15, -0.1) is 0 Å². The normalized spacial score (nSPS) is 12.7. The Balaban J connectivity index is 4.45. The monoisotopic (exact) mass is 305 g/mol. The molecule has 0 amide bonds. The number of halogens is 3. The first-order chi connectivity index (χ1) is 8.62.